The summed E-state index contributed by atoms with van der Waals surface area (Å²) >= 11 is 0. The lowest BCUT2D eigenvalue weighted by molar-refractivity contribution is -0.128. The number of carbonyl (C=O) groups excluding carboxylic acids is 1. The van der Waals surface area contributed by atoms with Crippen LogP contribution in [0.1, 0.15) is 23.6 Å². The Morgan fingerprint density at radius 2 is 1.65 bits per heavy atom. The molecule has 116 valence electrons. The summed E-state index contributed by atoms with van der Waals surface area (Å²) in [5, 5.41) is 18.7. The van der Waals surface area contributed by atoms with Crippen LogP contribution in [-0.4, -0.2) is 28.7 Å². The van der Waals surface area contributed by atoms with Gasteiger partial charge in [0.15, 0.2) is 0 Å². The normalized spacial score (nSPS) is 18.2. The minimum atomic E-state index is -0.323. The van der Waals surface area contributed by atoms with Crippen LogP contribution in [0.2, 0.25) is 0 Å². The van der Waals surface area contributed by atoms with Crippen LogP contribution in [-0.2, 0) is 4.79 Å². The molecule has 1 aliphatic rings. The third-order valence-electron chi connectivity index (χ3n) is 4.17. The molecule has 1 heterocycles. The molecule has 4 nitrogen and oxygen atoms in total. The Kier molecular flexibility index (Phi) is 3.98. The van der Waals surface area contributed by atoms with Crippen molar-refractivity contribution in [2.45, 2.75) is 12.5 Å². The molecule has 4 heteroatoms. The molecule has 1 unspecified atom stereocenters. The Labute approximate surface area is 135 Å². The standard InChI is InChI=1S/C19H18N2O2/c1-21-15(13-8-4-2-5-9-13)12-16(22)17(19(21)23)18(20)14-10-6-3-7-11-14/h2-11,15,20,22H,12H2,1H3. The van der Waals surface area contributed by atoms with Gasteiger partial charge in [0, 0.05) is 19.0 Å². The average Bonchev–Trinajstić information content (AvgIpc) is 2.59. The molecule has 1 amide bonds. The molecule has 0 radical (unpaired) electrons. The van der Waals surface area contributed by atoms with E-state index >= 15 is 0 Å². The van der Waals surface area contributed by atoms with Gasteiger partial charge in [-0.15, -0.1) is 0 Å². The van der Waals surface area contributed by atoms with Gasteiger partial charge in [0.2, 0.25) is 0 Å². The highest BCUT2D eigenvalue weighted by atomic mass is 16.3. The Bertz CT molecular complexity index is 766. The van der Waals surface area contributed by atoms with E-state index in [1.807, 2.05) is 48.5 Å². The van der Waals surface area contributed by atoms with Gasteiger partial charge < -0.3 is 10.0 Å². The topological polar surface area (TPSA) is 64.4 Å². The fourth-order valence-electron chi connectivity index (χ4n) is 2.88. The first-order chi connectivity index (χ1) is 11.1. The maximum atomic E-state index is 12.7. The van der Waals surface area contributed by atoms with Crippen LogP contribution < -0.4 is 0 Å². The molecule has 1 atom stereocenters. The van der Waals surface area contributed by atoms with Crippen LogP contribution in [0.3, 0.4) is 0 Å². The van der Waals surface area contributed by atoms with Gasteiger partial charge in [0.1, 0.15) is 11.3 Å². The number of amides is 1. The number of hydrogen-bond acceptors (Lipinski definition) is 3. The van der Waals surface area contributed by atoms with Gasteiger partial charge in [-0.1, -0.05) is 60.7 Å². The second-order valence-electron chi connectivity index (χ2n) is 5.61. The highest BCUT2D eigenvalue weighted by Gasteiger charge is 2.35. The molecule has 2 N–H and O–H groups in total. The summed E-state index contributed by atoms with van der Waals surface area (Å²) in [6.07, 6.45) is 0.316. The molecule has 2 aromatic rings. The van der Waals surface area contributed by atoms with Crippen molar-refractivity contribution in [1.29, 1.82) is 5.41 Å². The Balaban J connectivity index is 1.97. The number of likely N-dealkylation sites (N-methyl/N-ethyl adjacent to an activating group) is 1. The fourth-order valence-corrected chi connectivity index (χ4v) is 2.88. The number of nitrogens with zero attached hydrogens (tertiary/aromatic N) is 1. The summed E-state index contributed by atoms with van der Waals surface area (Å²) in [6, 6.07) is 18.4. The van der Waals surface area contributed by atoms with E-state index in [1.165, 1.54) is 0 Å². The quantitative estimate of drug-likeness (QED) is 0.853. The number of aliphatic hydroxyl groups is 1. The zero-order chi connectivity index (χ0) is 16.4. The summed E-state index contributed by atoms with van der Waals surface area (Å²) in [7, 11) is 1.71. The molecule has 0 fully saturated rings. The number of benzene rings is 2. The van der Waals surface area contributed by atoms with Crippen molar-refractivity contribution in [2.75, 3.05) is 7.05 Å². The van der Waals surface area contributed by atoms with Crippen LogP contribution in [0.5, 0.6) is 0 Å². The third kappa shape index (κ3) is 2.75. The second kappa shape index (κ2) is 6.08. The Morgan fingerprint density at radius 3 is 2.26 bits per heavy atom. The Morgan fingerprint density at radius 1 is 1.09 bits per heavy atom. The lowest BCUT2D eigenvalue weighted by Crippen LogP contribution is -2.39. The largest absolute Gasteiger partial charge is 0.511 e. The van der Waals surface area contributed by atoms with E-state index < -0.39 is 0 Å². The van der Waals surface area contributed by atoms with Crippen molar-refractivity contribution < 1.29 is 9.90 Å². The lowest BCUT2D eigenvalue weighted by Gasteiger charge is -2.34. The van der Waals surface area contributed by atoms with E-state index in [2.05, 4.69) is 0 Å². The first-order valence-electron chi connectivity index (χ1n) is 7.48. The van der Waals surface area contributed by atoms with Crippen LogP contribution in [0, 0.1) is 5.41 Å². The summed E-state index contributed by atoms with van der Waals surface area (Å²) in [5.74, 6) is -0.340. The minimum Gasteiger partial charge on any atom is -0.511 e. The van der Waals surface area contributed by atoms with Gasteiger partial charge in [-0.25, -0.2) is 0 Å². The number of aliphatic hydroxyl groups excluding tert-OH is 1. The predicted octanol–water partition coefficient (Wildman–Crippen LogP) is 3.47. The molecule has 0 saturated heterocycles. The second-order valence-corrected chi connectivity index (χ2v) is 5.61. The molecule has 1 aliphatic heterocycles. The first-order valence-corrected chi connectivity index (χ1v) is 7.48. The minimum absolute atomic E-state index is 0.0178. The van der Waals surface area contributed by atoms with Crippen molar-refractivity contribution in [1.82, 2.24) is 4.90 Å². The highest BCUT2D eigenvalue weighted by Crippen LogP contribution is 2.33. The van der Waals surface area contributed by atoms with Gasteiger partial charge in [0.05, 0.1) is 11.8 Å². The van der Waals surface area contributed by atoms with E-state index in [-0.39, 0.29) is 29.0 Å². The molecule has 0 spiro atoms. The van der Waals surface area contributed by atoms with Crippen LogP contribution in [0.15, 0.2) is 72.0 Å². The van der Waals surface area contributed by atoms with Gasteiger partial charge in [0.25, 0.3) is 5.91 Å². The van der Waals surface area contributed by atoms with Crippen molar-refractivity contribution >= 4 is 11.6 Å². The zero-order valence-corrected chi connectivity index (χ0v) is 12.9. The summed E-state index contributed by atoms with van der Waals surface area (Å²) < 4.78 is 0. The van der Waals surface area contributed by atoms with Crippen LogP contribution >= 0.6 is 0 Å². The van der Waals surface area contributed by atoms with E-state index in [0.29, 0.717) is 12.0 Å². The smallest absolute Gasteiger partial charge is 0.259 e. The number of carbonyl (C=O) groups is 1. The Hall–Kier alpha value is -2.88. The molecular formula is C19H18N2O2. The van der Waals surface area contributed by atoms with Crippen LogP contribution in [0.25, 0.3) is 0 Å². The molecule has 0 aliphatic carbocycles. The maximum Gasteiger partial charge on any atom is 0.259 e. The van der Waals surface area contributed by atoms with E-state index in [1.54, 1.807) is 24.1 Å². The van der Waals surface area contributed by atoms with Gasteiger partial charge in [-0.3, -0.25) is 10.2 Å². The summed E-state index contributed by atoms with van der Waals surface area (Å²) in [6.45, 7) is 0. The third-order valence-corrected chi connectivity index (χ3v) is 4.17. The molecule has 23 heavy (non-hydrogen) atoms. The monoisotopic (exact) mass is 306 g/mol. The highest BCUT2D eigenvalue weighted by molar-refractivity contribution is 6.27. The molecular weight excluding hydrogens is 288 g/mol. The van der Waals surface area contributed by atoms with E-state index in [4.69, 9.17) is 5.41 Å². The lowest BCUT2D eigenvalue weighted by atomic mass is 9.90. The average molecular weight is 306 g/mol. The van der Waals surface area contributed by atoms with Gasteiger partial charge >= 0.3 is 0 Å². The van der Waals surface area contributed by atoms with Crippen molar-refractivity contribution in [3.05, 3.63) is 83.1 Å². The molecule has 0 saturated carbocycles. The van der Waals surface area contributed by atoms with Crippen molar-refractivity contribution in [3.63, 3.8) is 0 Å². The van der Waals surface area contributed by atoms with Gasteiger partial charge in [-0.05, 0) is 5.56 Å². The summed E-state index contributed by atoms with van der Waals surface area (Å²) in [4.78, 5) is 14.3. The summed E-state index contributed by atoms with van der Waals surface area (Å²) in [5.41, 5.74) is 1.74. The number of nitrogens with one attached hydrogen (secondary N) is 1. The van der Waals surface area contributed by atoms with Gasteiger partial charge in [-0.2, -0.15) is 0 Å². The maximum absolute atomic E-state index is 12.7. The fraction of sp³-hybridized carbons (Fsp3) is 0.158. The SMILES string of the molecule is CN1C(=O)C(C(=N)c2ccccc2)=C(O)CC1c1ccccc1. The van der Waals surface area contributed by atoms with Crippen molar-refractivity contribution in [2.24, 2.45) is 0 Å². The molecule has 3 rings (SSSR count). The molecule has 0 aromatic heterocycles. The predicted molar refractivity (Wildman–Crippen MR) is 89.5 cm³/mol. The molecule has 2 aromatic carbocycles. The zero-order valence-electron chi connectivity index (χ0n) is 12.9. The first kappa shape index (κ1) is 15.0. The number of rotatable bonds is 3. The van der Waals surface area contributed by atoms with Crippen molar-refractivity contribution in [3.8, 4) is 0 Å². The van der Waals surface area contributed by atoms with Crippen LogP contribution in [0.4, 0.5) is 0 Å². The van der Waals surface area contributed by atoms with E-state index in [9.17, 15) is 9.90 Å². The van der Waals surface area contributed by atoms with E-state index in [0.717, 1.165) is 5.56 Å². The molecule has 0 bridgehead atoms. The number of hydrogen-bond donors (Lipinski definition) is 2.